The maximum Gasteiger partial charge on any atom is 0.0250 e. The lowest BCUT2D eigenvalue weighted by atomic mass is 10.1. The van der Waals surface area contributed by atoms with Crippen LogP contribution in [0.3, 0.4) is 0 Å². The van der Waals surface area contributed by atoms with Crippen LogP contribution in [0.1, 0.15) is 32.6 Å². The third kappa shape index (κ3) is 5.92. The maximum atomic E-state index is 5.87. The van der Waals surface area contributed by atoms with Crippen molar-refractivity contribution < 1.29 is 0 Å². The first-order valence-electron chi connectivity index (χ1n) is 6.21. The average molecular weight is 211 g/mol. The highest BCUT2D eigenvalue weighted by molar-refractivity contribution is 5.01. The zero-order valence-corrected chi connectivity index (χ0v) is 9.84. The Balaban J connectivity index is 2.07. The van der Waals surface area contributed by atoms with Gasteiger partial charge in [0.1, 0.15) is 0 Å². The van der Waals surface area contributed by atoms with E-state index in [1.54, 1.807) is 0 Å². The molecule has 0 saturated carbocycles. The smallest absolute Gasteiger partial charge is 0.0250 e. The molecule has 0 aromatic carbocycles. The van der Waals surface area contributed by atoms with Gasteiger partial charge in [-0.15, -0.1) is 0 Å². The van der Waals surface area contributed by atoms with E-state index in [0.29, 0.717) is 6.04 Å². The molecule has 15 heavy (non-hydrogen) atoms. The van der Waals surface area contributed by atoms with E-state index in [1.807, 2.05) is 0 Å². The summed E-state index contributed by atoms with van der Waals surface area (Å²) in [7, 11) is 0. The van der Waals surface area contributed by atoms with Gasteiger partial charge in [-0.1, -0.05) is 19.1 Å². The van der Waals surface area contributed by atoms with Gasteiger partial charge in [-0.25, -0.2) is 0 Å². The summed E-state index contributed by atoms with van der Waals surface area (Å²) in [6, 6.07) is 0.818. The number of nitrogens with two attached hydrogens (primary N) is 1. The lowest BCUT2D eigenvalue weighted by Crippen LogP contribution is -2.29. The fourth-order valence-corrected chi connectivity index (χ4v) is 1.89. The molecule has 3 nitrogen and oxygen atoms in total. The quantitative estimate of drug-likeness (QED) is 0.454. The van der Waals surface area contributed by atoms with Crippen molar-refractivity contribution in [1.82, 2.24) is 10.6 Å². The number of nitrogens with one attached hydrogen (secondary N) is 2. The van der Waals surface area contributed by atoms with Gasteiger partial charge in [0.2, 0.25) is 0 Å². The molecule has 4 N–H and O–H groups in total. The van der Waals surface area contributed by atoms with Gasteiger partial charge in [-0.3, -0.25) is 0 Å². The van der Waals surface area contributed by atoms with Gasteiger partial charge in [0.05, 0.1) is 0 Å². The molecule has 1 aliphatic carbocycles. The normalized spacial score (nSPS) is 26.5. The highest BCUT2D eigenvalue weighted by Crippen LogP contribution is 2.10. The molecule has 0 saturated heterocycles. The van der Waals surface area contributed by atoms with Crippen molar-refractivity contribution in [3.05, 3.63) is 12.2 Å². The Morgan fingerprint density at radius 3 is 2.93 bits per heavy atom. The van der Waals surface area contributed by atoms with Gasteiger partial charge in [0, 0.05) is 12.1 Å². The zero-order valence-electron chi connectivity index (χ0n) is 9.84. The molecule has 3 heteroatoms. The van der Waals surface area contributed by atoms with E-state index in [1.165, 1.54) is 19.3 Å². The first-order valence-corrected chi connectivity index (χ1v) is 6.21. The molecule has 0 heterocycles. The molecule has 0 fully saturated rings. The van der Waals surface area contributed by atoms with E-state index in [4.69, 9.17) is 5.73 Å². The van der Waals surface area contributed by atoms with Crippen LogP contribution in [-0.4, -0.2) is 31.7 Å². The SMILES string of the molecule is CCNCCCN[C@H]1C=C[C@@H](N)CCC1. The Bertz CT molecular complexity index is 180. The van der Waals surface area contributed by atoms with Crippen LogP contribution < -0.4 is 16.4 Å². The molecular formula is C12H25N3. The molecule has 1 aliphatic rings. The van der Waals surface area contributed by atoms with Gasteiger partial charge in [0.15, 0.2) is 0 Å². The van der Waals surface area contributed by atoms with Gasteiger partial charge < -0.3 is 16.4 Å². The van der Waals surface area contributed by atoms with Crippen molar-refractivity contribution in [3.8, 4) is 0 Å². The standard InChI is InChI=1S/C12H25N3/c1-2-14-9-4-10-15-12-6-3-5-11(13)7-8-12/h7-8,11-12,14-15H,2-6,9-10,13H2,1H3/t11-,12+/m0/s1. The molecule has 0 unspecified atom stereocenters. The molecule has 88 valence electrons. The third-order valence-electron chi connectivity index (χ3n) is 2.83. The van der Waals surface area contributed by atoms with Gasteiger partial charge >= 0.3 is 0 Å². The third-order valence-corrected chi connectivity index (χ3v) is 2.83. The highest BCUT2D eigenvalue weighted by atomic mass is 14.9. The maximum absolute atomic E-state index is 5.87. The molecule has 0 radical (unpaired) electrons. The minimum absolute atomic E-state index is 0.276. The van der Waals surface area contributed by atoms with Crippen LogP contribution in [-0.2, 0) is 0 Å². The summed E-state index contributed by atoms with van der Waals surface area (Å²) >= 11 is 0. The number of rotatable bonds is 6. The molecule has 1 rings (SSSR count). The highest BCUT2D eigenvalue weighted by Gasteiger charge is 2.09. The predicted octanol–water partition coefficient (Wildman–Crippen LogP) is 1.01. The summed E-state index contributed by atoms with van der Waals surface area (Å²) < 4.78 is 0. The van der Waals surface area contributed by atoms with E-state index in [-0.39, 0.29) is 6.04 Å². The zero-order chi connectivity index (χ0) is 10.9. The lowest BCUT2D eigenvalue weighted by Gasteiger charge is -2.13. The van der Waals surface area contributed by atoms with E-state index < -0.39 is 0 Å². The number of hydrogen-bond acceptors (Lipinski definition) is 3. The van der Waals surface area contributed by atoms with Crippen LogP contribution in [0.5, 0.6) is 0 Å². The molecule has 0 spiro atoms. The van der Waals surface area contributed by atoms with Crippen molar-refractivity contribution in [2.75, 3.05) is 19.6 Å². The van der Waals surface area contributed by atoms with Crippen LogP contribution in [0, 0.1) is 0 Å². The summed E-state index contributed by atoms with van der Waals surface area (Å²) in [4.78, 5) is 0. The molecule has 0 amide bonds. The van der Waals surface area contributed by atoms with E-state index in [0.717, 1.165) is 26.1 Å². The minimum Gasteiger partial charge on any atom is -0.324 e. The van der Waals surface area contributed by atoms with Crippen molar-refractivity contribution in [2.24, 2.45) is 5.73 Å². The van der Waals surface area contributed by atoms with Crippen molar-refractivity contribution >= 4 is 0 Å². The second-order valence-electron chi connectivity index (χ2n) is 4.25. The van der Waals surface area contributed by atoms with Crippen molar-refractivity contribution in [1.29, 1.82) is 0 Å². The summed E-state index contributed by atoms with van der Waals surface area (Å²) in [5.41, 5.74) is 5.87. The van der Waals surface area contributed by atoms with Gasteiger partial charge in [0.25, 0.3) is 0 Å². The van der Waals surface area contributed by atoms with Gasteiger partial charge in [-0.05, 0) is 45.3 Å². The van der Waals surface area contributed by atoms with E-state index in [9.17, 15) is 0 Å². The van der Waals surface area contributed by atoms with Crippen LogP contribution in [0.15, 0.2) is 12.2 Å². The molecule has 2 atom stereocenters. The Labute approximate surface area is 93.5 Å². The fraction of sp³-hybridized carbons (Fsp3) is 0.833. The van der Waals surface area contributed by atoms with E-state index in [2.05, 4.69) is 29.7 Å². The molecule has 0 aliphatic heterocycles. The largest absolute Gasteiger partial charge is 0.324 e. The second kappa shape index (κ2) is 7.85. The molecule has 0 bridgehead atoms. The van der Waals surface area contributed by atoms with Crippen LogP contribution >= 0.6 is 0 Å². The summed E-state index contributed by atoms with van der Waals surface area (Å²) in [6.45, 7) is 5.41. The van der Waals surface area contributed by atoms with Crippen LogP contribution in [0.2, 0.25) is 0 Å². The summed E-state index contributed by atoms with van der Waals surface area (Å²) in [6.07, 6.45) is 9.18. The average Bonchev–Trinajstić information content (AvgIpc) is 2.43. The van der Waals surface area contributed by atoms with Gasteiger partial charge in [-0.2, -0.15) is 0 Å². The Morgan fingerprint density at radius 2 is 2.13 bits per heavy atom. The van der Waals surface area contributed by atoms with Crippen molar-refractivity contribution in [2.45, 2.75) is 44.7 Å². The Morgan fingerprint density at radius 1 is 1.27 bits per heavy atom. The van der Waals surface area contributed by atoms with Crippen molar-refractivity contribution in [3.63, 3.8) is 0 Å². The monoisotopic (exact) mass is 211 g/mol. The first-order chi connectivity index (χ1) is 7.33. The topological polar surface area (TPSA) is 50.1 Å². The first kappa shape index (κ1) is 12.7. The lowest BCUT2D eigenvalue weighted by molar-refractivity contribution is 0.516. The van der Waals surface area contributed by atoms with Crippen LogP contribution in [0.25, 0.3) is 0 Å². The van der Waals surface area contributed by atoms with Crippen LogP contribution in [0.4, 0.5) is 0 Å². The fourth-order valence-electron chi connectivity index (χ4n) is 1.89. The molecule has 0 aromatic heterocycles. The van der Waals surface area contributed by atoms with E-state index >= 15 is 0 Å². The molecular weight excluding hydrogens is 186 g/mol. The number of hydrogen-bond donors (Lipinski definition) is 3. The Kier molecular flexibility index (Phi) is 6.64. The Hall–Kier alpha value is -0.380. The second-order valence-corrected chi connectivity index (χ2v) is 4.25. The summed E-state index contributed by atoms with van der Waals surface area (Å²) in [5, 5.41) is 6.89. The predicted molar refractivity (Wildman–Crippen MR) is 65.9 cm³/mol. The summed E-state index contributed by atoms with van der Waals surface area (Å²) in [5.74, 6) is 0. The molecule has 0 aromatic rings. The minimum atomic E-state index is 0.276.